The molecule has 0 saturated carbocycles. The smallest absolute Gasteiger partial charge is 0.123 e. The van der Waals surface area contributed by atoms with Crippen molar-refractivity contribution in [2.24, 2.45) is 0 Å². The van der Waals surface area contributed by atoms with E-state index in [9.17, 15) is 4.39 Å². The van der Waals surface area contributed by atoms with E-state index in [-0.39, 0.29) is 18.5 Å². The Bertz CT molecular complexity index is 969. The first-order valence-corrected chi connectivity index (χ1v) is 8.28. The summed E-state index contributed by atoms with van der Waals surface area (Å²) in [6, 6.07) is 15.0. The molecule has 2 aromatic carbocycles. The molecule has 0 aliphatic rings. The van der Waals surface area contributed by atoms with E-state index in [2.05, 4.69) is 42.4 Å². The number of aromatic nitrogens is 1. The van der Waals surface area contributed by atoms with Gasteiger partial charge in [0.25, 0.3) is 0 Å². The van der Waals surface area contributed by atoms with E-state index in [0.29, 0.717) is 0 Å². The van der Waals surface area contributed by atoms with Crippen LogP contribution in [0.3, 0.4) is 0 Å². The molecule has 3 rings (SSSR count). The quantitative estimate of drug-likeness (QED) is 0.668. The molecule has 0 spiro atoms. The van der Waals surface area contributed by atoms with E-state index < -0.39 is 0 Å². The van der Waals surface area contributed by atoms with Crippen molar-refractivity contribution in [3.05, 3.63) is 66.1 Å². The molecule has 0 fully saturated rings. The number of fused-ring (bicyclic) bond motifs is 1. The molecule has 1 heterocycles. The summed E-state index contributed by atoms with van der Waals surface area (Å²) in [5.41, 5.74) is 4.18. The minimum absolute atomic E-state index is 0.164. The van der Waals surface area contributed by atoms with E-state index in [1.54, 1.807) is 18.2 Å². The fraction of sp³-hybridized carbons (Fsp3) is 0.182. The van der Waals surface area contributed by atoms with Gasteiger partial charge in [0.1, 0.15) is 12.4 Å². The summed E-state index contributed by atoms with van der Waals surface area (Å²) in [5, 5.41) is 9.95. The van der Waals surface area contributed by atoms with Crippen molar-refractivity contribution < 1.29 is 9.50 Å². The zero-order chi connectivity index (χ0) is 17.8. The van der Waals surface area contributed by atoms with Crippen molar-refractivity contribution in [1.29, 1.82) is 0 Å². The van der Waals surface area contributed by atoms with Gasteiger partial charge in [-0.15, -0.1) is 0 Å². The molecule has 3 aromatic rings. The molecule has 1 aromatic heterocycles. The Morgan fingerprint density at radius 2 is 1.84 bits per heavy atom. The van der Waals surface area contributed by atoms with Crippen LogP contribution >= 0.6 is 0 Å². The highest BCUT2D eigenvalue weighted by molar-refractivity contribution is 6.01. The van der Waals surface area contributed by atoms with Gasteiger partial charge in [0.05, 0.1) is 5.69 Å². The van der Waals surface area contributed by atoms with Crippen molar-refractivity contribution in [3.8, 4) is 23.0 Å². The summed E-state index contributed by atoms with van der Waals surface area (Å²) in [4.78, 5) is 0. The minimum Gasteiger partial charge on any atom is -0.384 e. The number of halogens is 1. The van der Waals surface area contributed by atoms with E-state index in [4.69, 9.17) is 5.11 Å². The van der Waals surface area contributed by atoms with Crippen LogP contribution in [-0.2, 0) is 0 Å². The van der Waals surface area contributed by atoms with Crippen molar-refractivity contribution in [2.75, 3.05) is 6.61 Å². The molecule has 3 heteroatoms. The summed E-state index contributed by atoms with van der Waals surface area (Å²) in [5.74, 6) is 5.21. The first-order valence-electron chi connectivity index (χ1n) is 8.28. The van der Waals surface area contributed by atoms with Crippen LogP contribution in [0.2, 0.25) is 0 Å². The number of benzene rings is 2. The molecule has 0 bridgehead atoms. The predicted octanol–water partition coefficient (Wildman–Crippen LogP) is 5.04. The van der Waals surface area contributed by atoms with Gasteiger partial charge >= 0.3 is 0 Å². The van der Waals surface area contributed by atoms with Gasteiger partial charge < -0.3 is 9.67 Å². The Hall–Kier alpha value is -2.83. The number of hydrogen-bond donors (Lipinski definition) is 1. The monoisotopic (exact) mass is 333 g/mol. The second-order valence-corrected chi connectivity index (χ2v) is 6.06. The van der Waals surface area contributed by atoms with Crippen LogP contribution in [0.15, 0.2) is 54.6 Å². The normalized spacial score (nSPS) is 11.2. The molecule has 0 saturated heterocycles. The summed E-state index contributed by atoms with van der Waals surface area (Å²) in [6.07, 6.45) is 3.71. The zero-order valence-corrected chi connectivity index (χ0v) is 14.3. The van der Waals surface area contributed by atoms with E-state index in [1.807, 2.05) is 18.2 Å². The van der Waals surface area contributed by atoms with Crippen LogP contribution in [-0.4, -0.2) is 16.3 Å². The Kier molecular flexibility index (Phi) is 5.02. The first kappa shape index (κ1) is 17.0. The predicted molar refractivity (Wildman–Crippen MR) is 102 cm³/mol. The Morgan fingerprint density at radius 1 is 1.12 bits per heavy atom. The van der Waals surface area contributed by atoms with Gasteiger partial charge in [-0.2, -0.15) is 0 Å². The average Bonchev–Trinajstić information content (AvgIpc) is 2.94. The van der Waals surface area contributed by atoms with Gasteiger partial charge in [0.2, 0.25) is 0 Å². The number of aliphatic hydroxyl groups excluding tert-OH is 1. The van der Waals surface area contributed by atoms with Crippen LogP contribution in [0.5, 0.6) is 0 Å². The van der Waals surface area contributed by atoms with Gasteiger partial charge in [-0.05, 0) is 49.8 Å². The lowest BCUT2D eigenvalue weighted by Gasteiger charge is -2.13. The molecule has 25 heavy (non-hydrogen) atoms. The molecule has 0 aliphatic heterocycles. The third-order valence-corrected chi connectivity index (χ3v) is 4.10. The number of allylic oxidation sites excluding steroid dienone is 1. The topological polar surface area (TPSA) is 25.2 Å². The lowest BCUT2D eigenvalue weighted by molar-refractivity contribution is 0.350. The van der Waals surface area contributed by atoms with Gasteiger partial charge in [0.15, 0.2) is 0 Å². The molecule has 1 N–H and O–H groups in total. The maximum Gasteiger partial charge on any atom is 0.123 e. The second kappa shape index (κ2) is 7.38. The lowest BCUT2D eigenvalue weighted by atomic mass is 10.0. The molecular formula is C22H20FNO. The number of para-hydroxylation sites is 1. The summed E-state index contributed by atoms with van der Waals surface area (Å²) in [7, 11) is 0. The van der Waals surface area contributed by atoms with Crippen LogP contribution in [0.25, 0.3) is 28.1 Å². The van der Waals surface area contributed by atoms with Crippen molar-refractivity contribution >= 4 is 17.0 Å². The number of aliphatic hydroxyl groups is 1. The van der Waals surface area contributed by atoms with Crippen LogP contribution in [0, 0.1) is 17.7 Å². The number of nitrogens with zero attached hydrogens (tertiary/aromatic N) is 1. The highest BCUT2D eigenvalue weighted by Crippen LogP contribution is 2.37. The Labute approximate surface area is 147 Å². The zero-order valence-electron chi connectivity index (χ0n) is 14.3. The fourth-order valence-electron chi connectivity index (χ4n) is 3.15. The highest BCUT2D eigenvalue weighted by Gasteiger charge is 2.18. The standard InChI is InChI=1S/C22H20FNO/c1-16(2)24-20-9-6-5-8-19(20)22(17-11-13-18(23)14-12-17)21(24)10-4-3-7-15-25/h4-6,8-14,16,25H,15H2,1-2H3/b10-4+. The van der Waals surface area contributed by atoms with Crippen molar-refractivity contribution in [2.45, 2.75) is 19.9 Å². The van der Waals surface area contributed by atoms with Crippen molar-refractivity contribution in [1.82, 2.24) is 4.57 Å². The van der Waals surface area contributed by atoms with Gasteiger partial charge in [-0.25, -0.2) is 4.39 Å². The maximum atomic E-state index is 13.4. The Balaban J connectivity index is 2.32. The highest BCUT2D eigenvalue weighted by atomic mass is 19.1. The van der Waals surface area contributed by atoms with Crippen LogP contribution in [0.4, 0.5) is 4.39 Å². The van der Waals surface area contributed by atoms with Gasteiger partial charge in [-0.1, -0.05) is 42.2 Å². The molecule has 126 valence electrons. The van der Waals surface area contributed by atoms with E-state index in [1.165, 1.54) is 12.1 Å². The van der Waals surface area contributed by atoms with Gasteiger partial charge in [0, 0.05) is 22.5 Å². The van der Waals surface area contributed by atoms with Crippen LogP contribution in [0.1, 0.15) is 25.6 Å². The van der Waals surface area contributed by atoms with E-state index >= 15 is 0 Å². The number of rotatable bonds is 3. The second-order valence-electron chi connectivity index (χ2n) is 6.06. The largest absolute Gasteiger partial charge is 0.384 e. The van der Waals surface area contributed by atoms with Crippen molar-refractivity contribution in [3.63, 3.8) is 0 Å². The summed E-state index contributed by atoms with van der Waals surface area (Å²) in [6.45, 7) is 4.11. The molecule has 0 atom stereocenters. The number of hydrogen-bond acceptors (Lipinski definition) is 1. The lowest BCUT2D eigenvalue weighted by Crippen LogP contribution is -2.02. The van der Waals surface area contributed by atoms with Crippen LogP contribution < -0.4 is 0 Å². The summed E-state index contributed by atoms with van der Waals surface area (Å²) < 4.78 is 15.6. The molecule has 0 unspecified atom stereocenters. The van der Waals surface area contributed by atoms with E-state index in [0.717, 1.165) is 27.7 Å². The third kappa shape index (κ3) is 3.35. The molecule has 0 amide bonds. The molecular weight excluding hydrogens is 313 g/mol. The molecule has 2 nitrogen and oxygen atoms in total. The third-order valence-electron chi connectivity index (χ3n) is 4.10. The minimum atomic E-state index is -0.248. The van der Waals surface area contributed by atoms with Gasteiger partial charge in [-0.3, -0.25) is 0 Å². The maximum absolute atomic E-state index is 13.4. The fourth-order valence-corrected chi connectivity index (χ4v) is 3.15. The average molecular weight is 333 g/mol. The Morgan fingerprint density at radius 3 is 2.52 bits per heavy atom. The molecule has 0 aliphatic carbocycles. The SMILES string of the molecule is CC(C)n1c(/C=C/C#CCO)c(-c2ccc(F)cc2)c2ccccc21. The molecule has 0 radical (unpaired) electrons. The summed E-state index contributed by atoms with van der Waals surface area (Å²) >= 11 is 0. The first-order chi connectivity index (χ1) is 12.1.